The molecule has 0 saturated carbocycles. The summed E-state index contributed by atoms with van der Waals surface area (Å²) in [6.07, 6.45) is 2.40. The molecule has 2 aromatic carbocycles. The van der Waals surface area contributed by atoms with Gasteiger partial charge in [0.25, 0.3) is 0 Å². The summed E-state index contributed by atoms with van der Waals surface area (Å²) in [5.41, 5.74) is 8.98. The highest BCUT2D eigenvalue weighted by Gasteiger charge is 2.12. The molecule has 0 aromatic heterocycles. The number of allylic oxidation sites excluding steroid dienone is 1. The Morgan fingerprint density at radius 1 is 1.16 bits per heavy atom. The second-order valence-electron chi connectivity index (χ2n) is 5.82. The molecule has 1 heterocycles. The summed E-state index contributed by atoms with van der Waals surface area (Å²) in [7, 11) is 1.87. The number of anilines is 1. The first-order valence-corrected chi connectivity index (χ1v) is 7.94. The lowest BCUT2D eigenvalue weighted by Crippen LogP contribution is -2.16. The summed E-state index contributed by atoms with van der Waals surface area (Å²) in [6, 6.07) is 12.4. The first kappa shape index (κ1) is 16.7. The maximum absolute atomic E-state index is 10.9. The zero-order valence-electron chi connectivity index (χ0n) is 13.9. The number of rotatable bonds is 5. The van der Waals surface area contributed by atoms with Crippen LogP contribution in [-0.4, -0.2) is 31.3 Å². The van der Waals surface area contributed by atoms with Gasteiger partial charge in [-0.25, -0.2) is 4.79 Å². The Morgan fingerprint density at radius 3 is 2.52 bits per heavy atom. The fraction of sp³-hybridized carbons (Fsp3) is 0.211. The topological polar surface area (TPSA) is 85.0 Å². The maximum atomic E-state index is 10.9. The molecule has 0 fully saturated rings. The van der Waals surface area contributed by atoms with Crippen LogP contribution in [0.5, 0.6) is 11.5 Å². The molecule has 25 heavy (non-hydrogen) atoms. The zero-order chi connectivity index (χ0) is 17.8. The summed E-state index contributed by atoms with van der Waals surface area (Å²) in [5, 5.41) is 8.94. The van der Waals surface area contributed by atoms with E-state index in [0.29, 0.717) is 25.3 Å². The van der Waals surface area contributed by atoms with Crippen LogP contribution in [0, 0.1) is 0 Å². The Bertz CT molecular complexity index is 800. The highest BCUT2D eigenvalue weighted by Crippen LogP contribution is 2.31. The lowest BCUT2D eigenvalue weighted by atomic mass is 10.1. The van der Waals surface area contributed by atoms with E-state index in [9.17, 15) is 4.79 Å². The van der Waals surface area contributed by atoms with Crippen LogP contribution in [0.2, 0.25) is 0 Å². The molecule has 1 aliphatic heterocycles. The standard InChI is InChI=1S/C19H20N2O4/c1-21(16-5-3-14(4-6-16)19(22)23)12-15(20)10-13-2-7-17-18(11-13)25-9-8-24-17/h2-7,11-12H,8-10,20H2,1H3,(H,22,23)/b15-12+. The van der Waals surface area contributed by atoms with Crippen LogP contribution in [0.1, 0.15) is 15.9 Å². The van der Waals surface area contributed by atoms with Gasteiger partial charge < -0.3 is 25.2 Å². The van der Waals surface area contributed by atoms with Crippen molar-refractivity contribution >= 4 is 11.7 Å². The molecule has 2 aromatic rings. The number of aromatic carboxylic acids is 1. The van der Waals surface area contributed by atoms with Gasteiger partial charge in [-0.1, -0.05) is 6.07 Å². The Hall–Kier alpha value is -3.15. The molecule has 130 valence electrons. The lowest BCUT2D eigenvalue weighted by molar-refractivity contribution is 0.0697. The van der Waals surface area contributed by atoms with Crippen molar-refractivity contribution in [3.8, 4) is 11.5 Å². The molecule has 0 saturated heterocycles. The minimum absolute atomic E-state index is 0.255. The summed E-state index contributed by atoms with van der Waals surface area (Å²) in [6.45, 7) is 1.12. The zero-order valence-corrected chi connectivity index (χ0v) is 13.9. The smallest absolute Gasteiger partial charge is 0.335 e. The van der Waals surface area contributed by atoms with Crippen molar-refractivity contribution < 1.29 is 19.4 Å². The predicted octanol–water partition coefficient (Wildman–Crippen LogP) is 2.64. The van der Waals surface area contributed by atoms with Crippen LogP contribution in [0.3, 0.4) is 0 Å². The normalized spacial score (nSPS) is 13.4. The SMILES string of the molecule is CN(/C=C(/N)Cc1ccc2c(c1)OCCO2)c1ccc(C(=O)O)cc1. The minimum atomic E-state index is -0.942. The van der Waals surface area contributed by atoms with Crippen LogP contribution in [0.25, 0.3) is 0 Å². The Kier molecular flexibility index (Phi) is 4.79. The number of benzene rings is 2. The number of ether oxygens (including phenoxy) is 2. The Labute approximate surface area is 146 Å². The fourth-order valence-corrected chi connectivity index (χ4v) is 2.64. The van der Waals surface area contributed by atoms with Gasteiger partial charge in [-0.2, -0.15) is 0 Å². The lowest BCUT2D eigenvalue weighted by Gasteiger charge is -2.19. The van der Waals surface area contributed by atoms with E-state index in [-0.39, 0.29) is 5.56 Å². The molecular formula is C19H20N2O4. The third-order valence-corrected chi connectivity index (χ3v) is 3.90. The summed E-state index contributed by atoms with van der Waals surface area (Å²) in [5.74, 6) is 0.560. The van der Waals surface area contributed by atoms with Gasteiger partial charge in [-0.05, 0) is 42.0 Å². The molecule has 3 N–H and O–H groups in total. The molecule has 0 unspecified atom stereocenters. The molecule has 0 spiro atoms. The van der Waals surface area contributed by atoms with Crippen LogP contribution in [0.15, 0.2) is 54.4 Å². The van der Waals surface area contributed by atoms with Crippen molar-refractivity contribution in [2.75, 3.05) is 25.2 Å². The highest BCUT2D eigenvalue weighted by molar-refractivity contribution is 5.88. The van der Waals surface area contributed by atoms with Crippen molar-refractivity contribution in [3.05, 3.63) is 65.5 Å². The Morgan fingerprint density at radius 2 is 1.84 bits per heavy atom. The molecule has 0 bridgehead atoms. The fourth-order valence-electron chi connectivity index (χ4n) is 2.64. The average molecular weight is 340 g/mol. The molecular weight excluding hydrogens is 320 g/mol. The first-order valence-electron chi connectivity index (χ1n) is 7.94. The van der Waals surface area contributed by atoms with Crippen molar-refractivity contribution in [2.45, 2.75) is 6.42 Å². The van der Waals surface area contributed by atoms with Crippen molar-refractivity contribution in [1.29, 1.82) is 0 Å². The van der Waals surface area contributed by atoms with E-state index >= 15 is 0 Å². The second kappa shape index (κ2) is 7.17. The van der Waals surface area contributed by atoms with Gasteiger partial charge in [0.1, 0.15) is 13.2 Å². The quantitative estimate of drug-likeness (QED) is 0.870. The number of hydrogen-bond acceptors (Lipinski definition) is 5. The van der Waals surface area contributed by atoms with Crippen molar-refractivity contribution in [2.24, 2.45) is 5.73 Å². The first-order chi connectivity index (χ1) is 12.0. The third-order valence-electron chi connectivity index (χ3n) is 3.90. The van der Waals surface area contributed by atoms with Gasteiger partial charge in [0.2, 0.25) is 0 Å². The van der Waals surface area contributed by atoms with Gasteiger partial charge in [-0.15, -0.1) is 0 Å². The molecule has 0 atom stereocenters. The van der Waals surface area contributed by atoms with E-state index in [0.717, 1.165) is 22.7 Å². The summed E-state index contributed by atoms with van der Waals surface area (Å²) >= 11 is 0. The van der Waals surface area contributed by atoms with Crippen LogP contribution < -0.4 is 20.1 Å². The summed E-state index contributed by atoms with van der Waals surface area (Å²) < 4.78 is 11.1. The molecule has 0 aliphatic carbocycles. The largest absolute Gasteiger partial charge is 0.486 e. The van der Waals surface area contributed by atoms with Gasteiger partial charge in [0.15, 0.2) is 11.5 Å². The molecule has 6 heteroatoms. The number of nitrogens with two attached hydrogens (primary N) is 1. The third kappa shape index (κ3) is 4.03. The highest BCUT2D eigenvalue weighted by atomic mass is 16.6. The Balaban J connectivity index is 1.69. The van der Waals surface area contributed by atoms with Gasteiger partial charge >= 0.3 is 5.97 Å². The van der Waals surface area contributed by atoms with Gasteiger partial charge in [0, 0.05) is 31.1 Å². The monoisotopic (exact) mass is 340 g/mol. The molecule has 1 aliphatic rings. The van der Waals surface area contributed by atoms with E-state index in [2.05, 4.69) is 0 Å². The molecule has 6 nitrogen and oxygen atoms in total. The van der Waals surface area contributed by atoms with E-state index < -0.39 is 5.97 Å². The number of fused-ring (bicyclic) bond motifs is 1. The van der Waals surface area contributed by atoms with E-state index in [1.54, 1.807) is 24.3 Å². The van der Waals surface area contributed by atoms with E-state index in [1.807, 2.05) is 36.3 Å². The molecule has 3 rings (SSSR count). The van der Waals surface area contributed by atoms with Crippen LogP contribution in [0.4, 0.5) is 5.69 Å². The molecule has 0 amide bonds. The van der Waals surface area contributed by atoms with Crippen LogP contribution >= 0.6 is 0 Å². The maximum Gasteiger partial charge on any atom is 0.335 e. The predicted molar refractivity (Wildman–Crippen MR) is 95.2 cm³/mol. The van der Waals surface area contributed by atoms with Gasteiger partial charge in [-0.3, -0.25) is 0 Å². The number of carboxylic acids is 1. The molecule has 0 radical (unpaired) electrons. The average Bonchev–Trinajstić information content (AvgIpc) is 2.61. The number of carbonyl (C=O) groups is 1. The van der Waals surface area contributed by atoms with Crippen molar-refractivity contribution in [3.63, 3.8) is 0 Å². The summed E-state index contributed by atoms with van der Waals surface area (Å²) in [4.78, 5) is 12.8. The number of hydrogen-bond donors (Lipinski definition) is 2. The number of nitrogens with zero attached hydrogens (tertiary/aromatic N) is 1. The van der Waals surface area contributed by atoms with Crippen molar-refractivity contribution in [1.82, 2.24) is 0 Å². The van der Waals surface area contributed by atoms with E-state index in [1.165, 1.54) is 0 Å². The van der Waals surface area contributed by atoms with Crippen LogP contribution in [-0.2, 0) is 6.42 Å². The number of carboxylic acid groups (broad SMARTS) is 1. The van der Waals surface area contributed by atoms with Gasteiger partial charge in [0.05, 0.1) is 5.56 Å². The minimum Gasteiger partial charge on any atom is -0.486 e. The van der Waals surface area contributed by atoms with E-state index in [4.69, 9.17) is 20.3 Å². The second-order valence-corrected chi connectivity index (χ2v) is 5.82.